The van der Waals surface area contributed by atoms with Crippen molar-refractivity contribution in [1.82, 2.24) is 0 Å². The molecule has 0 aliphatic rings. The van der Waals surface area contributed by atoms with Gasteiger partial charge in [-0.15, -0.1) is 0 Å². The Bertz CT molecular complexity index is 638. The van der Waals surface area contributed by atoms with Crippen molar-refractivity contribution in [1.29, 1.82) is 0 Å². The Morgan fingerprint density at radius 1 is 1.16 bits per heavy atom. The Morgan fingerprint density at radius 3 is 2.58 bits per heavy atom. The molecule has 0 saturated carbocycles. The number of carbonyl (C=O) groups is 1. The smallest absolute Gasteiger partial charge is 0.257 e. The van der Waals surface area contributed by atoms with E-state index in [1.54, 1.807) is 18.2 Å². The second-order valence-electron chi connectivity index (χ2n) is 4.46. The lowest BCUT2D eigenvalue weighted by atomic mass is 10.1. The van der Waals surface area contributed by atoms with Crippen LogP contribution in [0.15, 0.2) is 36.4 Å². The average molecular weight is 275 g/mol. The third-order valence-corrected chi connectivity index (χ3v) is 3.44. The highest BCUT2D eigenvalue weighted by Crippen LogP contribution is 2.23. The Balaban J connectivity index is 2.28. The molecule has 1 amide bonds. The first kappa shape index (κ1) is 13.4. The zero-order valence-corrected chi connectivity index (χ0v) is 11.6. The largest absolute Gasteiger partial charge is 0.399 e. The van der Waals surface area contributed by atoms with Crippen molar-refractivity contribution in [3.8, 4) is 0 Å². The molecule has 0 aromatic heterocycles. The second-order valence-corrected chi connectivity index (χ2v) is 4.84. The quantitative estimate of drug-likeness (QED) is 0.819. The molecule has 3 N–H and O–H groups in total. The van der Waals surface area contributed by atoms with Crippen molar-refractivity contribution in [2.24, 2.45) is 0 Å². The van der Waals surface area contributed by atoms with Gasteiger partial charge in [-0.3, -0.25) is 4.79 Å². The number of aryl methyl sites for hydroxylation is 2. The van der Waals surface area contributed by atoms with Crippen LogP contribution in [-0.2, 0) is 0 Å². The molecule has 0 spiro atoms. The summed E-state index contributed by atoms with van der Waals surface area (Å²) < 4.78 is 0. The molecule has 0 unspecified atom stereocenters. The maximum Gasteiger partial charge on any atom is 0.257 e. The molecular formula is C15H15ClN2O. The fraction of sp³-hybridized carbons (Fsp3) is 0.133. The summed E-state index contributed by atoms with van der Waals surface area (Å²) in [6, 6.07) is 10.7. The maximum absolute atomic E-state index is 12.2. The van der Waals surface area contributed by atoms with Crippen LogP contribution in [0.5, 0.6) is 0 Å². The highest BCUT2D eigenvalue weighted by Gasteiger charge is 2.12. The zero-order chi connectivity index (χ0) is 14.0. The van der Waals surface area contributed by atoms with Crippen molar-refractivity contribution < 1.29 is 4.79 Å². The number of hydrogen-bond donors (Lipinski definition) is 2. The molecule has 2 rings (SSSR count). The van der Waals surface area contributed by atoms with Gasteiger partial charge in [0.15, 0.2) is 0 Å². The molecule has 0 bridgehead atoms. The molecule has 0 heterocycles. The summed E-state index contributed by atoms with van der Waals surface area (Å²) in [5, 5.41) is 3.32. The van der Waals surface area contributed by atoms with Crippen LogP contribution in [0.2, 0.25) is 5.02 Å². The molecule has 0 atom stereocenters. The monoisotopic (exact) mass is 274 g/mol. The van der Waals surface area contributed by atoms with Gasteiger partial charge in [-0.2, -0.15) is 0 Å². The summed E-state index contributed by atoms with van der Waals surface area (Å²) in [5.41, 5.74) is 9.35. The summed E-state index contributed by atoms with van der Waals surface area (Å²) in [4.78, 5) is 12.2. The molecule has 19 heavy (non-hydrogen) atoms. The van der Waals surface area contributed by atoms with Crippen LogP contribution in [0, 0.1) is 13.8 Å². The number of halogens is 1. The minimum atomic E-state index is -0.221. The minimum absolute atomic E-state index is 0.221. The van der Waals surface area contributed by atoms with Crippen LogP contribution in [0.3, 0.4) is 0 Å². The van der Waals surface area contributed by atoms with Gasteiger partial charge in [-0.05, 0) is 49.2 Å². The van der Waals surface area contributed by atoms with Gasteiger partial charge in [0, 0.05) is 11.4 Å². The van der Waals surface area contributed by atoms with E-state index in [2.05, 4.69) is 5.32 Å². The van der Waals surface area contributed by atoms with Crippen molar-refractivity contribution in [2.75, 3.05) is 11.1 Å². The fourth-order valence-electron chi connectivity index (χ4n) is 1.84. The zero-order valence-electron chi connectivity index (χ0n) is 10.8. The van der Waals surface area contributed by atoms with Gasteiger partial charge in [-0.1, -0.05) is 23.7 Å². The van der Waals surface area contributed by atoms with Crippen LogP contribution in [0.25, 0.3) is 0 Å². The van der Waals surface area contributed by atoms with Crippen LogP contribution in [0.4, 0.5) is 11.4 Å². The summed E-state index contributed by atoms with van der Waals surface area (Å²) in [6.45, 7) is 3.76. The van der Waals surface area contributed by atoms with Crippen molar-refractivity contribution in [2.45, 2.75) is 13.8 Å². The van der Waals surface area contributed by atoms with E-state index < -0.39 is 0 Å². The third kappa shape index (κ3) is 2.88. The molecule has 98 valence electrons. The Morgan fingerprint density at radius 2 is 1.89 bits per heavy atom. The first-order valence-electron chi connectivity index (χ1n) is 5.91. The van der Waals surface area contributed by atoms with E-state index in [1.807, 2.05) is 32.0 Å². The highest BCUT2D eigenvalue weighted by molar-refractivity contribution is 6.35. The molecule has 4 heteroatoms. The first-order chi connectivity index (χ1) is 8.99. The van der Waals surface area contributed by atoms with Crippen molar-refractivity contribution in [3.63, 3.8) is 0 Å². The lowest BCUT2D eigenvalue weighted by molar-refractivity contribution is 0.102. The number of nitrogens with two attached hydrogens (primary N) is 1. The van der Waals surface area contributed by atoms with Gasteiger partial charge >= 0.3 is 0 Å². The minimum Gasteiger partial charge on any atom is -0.399 e. The Hall–Kier alpha value is -2.00. The SMILES string of the molecule is Cc1cc(N)ccc1NC(=O)c1cccc(C)c1Cl. The summed E-state index contributed by atoms with van der Waals surface area (Å²) in [6.07, 6.45) is 0. The lowest BCUT2D eigenvalue weighted by Crippen LogP contribution is -2.13. The van der Waals surface area contributed by atoms with Gasteiger partial charge < -0.3 is 11.1 Å². The van der Waals surface area contributed by atoms with E-state index in [1.165, 1.54) is 0 Å². The van der Waals surface area contributed by atoms with Gasteiger partial charge in [0.25, 0.3) is 5.91 Å². The Labute approximate surface area is 117 Å². The van der Waals surface area contributed by atoms with E-state index in [-0.39, 0.29) is 5.91 Å². The number of nitrogens with one attached hydrogen (secondary N) is 1. The van der Waals surface area contributed by atoms with Crippen LogP contribution >= 0.6 is 11.6 Å². The van der Waals surface area contributed by atoms with E-state index in [0.717, 1.165) is 16.8 Å². The molecule has 0 aliphatic carbocycles. The van der Waals surface area contributed by atoms with Gasteiger partial charge in [0.2, 0.25) is 0 Å². The Kier molecular flexibility index (Phi) is 3.76. The summed E-state index contributed by atoms with van der Waals surface area (Å²) in [7, 11) is 0. The highest BCUT2D eigenvalue weighted by atomic mass is 35.5. The number of anilines is 2. The van der Waals surface area contributed by atoms with E-state index in [4.69, 9.17) is 17.3 Å². The number of carbonyl (C=O) groups excluding carboxylic acids is 1. The van der Waals surface area contributed by atoms with Crippen LogP contribution in [-0.4, -0.2) is 5.91 Å². The maximum atomic E-state index is 12.2. The predicted octanol–water partition coefficient (Wildman–Crippen LogP) is 3.79. The molecule has 0 saturated heterocycles. The van der Waals surface area contributed by atoms with Crippen molar-refractivity contribution in [3.05, 3.63) is 58.1 Å². The van der Waals surface area contributed by atoms with Crippen LogP contribution in [0.1, 0.15) is 21.5 Å². The van der Waals surface area contributed by atoms with Crippen molar-refractivity contribution >= 4 is 28.9 Å². The topological polar surface area (TPSA) is 55.1 Å². The molecule has 0 fully saturated rings. The first-order valence-corrected chi connectivity index (χ1v) is 6.29. The number of benzene rings is 2. The van der Waals surface area contributed by atoms with Gasteiger partial charge in [0.1, 0.15) is 0 Å². The molecule has 0 radical (unpaired) electrons. The lowest BCUT2D eigenvalue weighted by Gasteiger charge is -2.10. The molecule has 0 aliphatic heterocycles. The molecule has 2 aromatic rings. The molecule has 2 aromatic carbocycles. The number of hydrogen-bond acceptors (Lipinski definition) is 2. The second kappa shape index (κ2) is 5.33. The number of rotatable bonds is 2. The van der Waals surface area contributed by atoms with Gasteiger partial charge in [0.05, 0.1) is 10.6 Å². The van der Waals surface area contributed by atoms with E-state index in [0.29, 0.717) is 16.3 Å². The van der Waals surface area contributed by atoms with Crippen LogP contribution < -0.4 is 11.1 Å². The number of nitrogen functional groups attached to an aromatic ring is 1. The summed E-state index contributed by atoms with van der Waals surface area (Å²) >= 11 is 6.14. The summed E-state index contributed by atoms with van der Waals surface area (Å²) in [5.74, 6) is -0.221. The predicted molar refractivity (Wildman–Crippen MR) is 79.7 cm³/mol. The van der Waals surface area contributed by atoms with E-state index >= 15 is 0 Å². The number of amides is 1. The third-order valence-electron chi connectivity index (χ3n) is 2.94. The van der Waals surface area contributed by atoms with Gasteiger partial charge in [-0.25, -0.2) is 0 Å². The molecular weight excluding hydrogens is 260 g/mol. The standard InChI is InChI=1S/C15H15ClN2O/c1-9-4-3-5-12(14(9)16)15(19)18-13-7-6-11(17)8-10(13)2/h3-8H,17H2,1-2H3,(H,18,19). The normalized spacial score (nSPS) is 10.3. The molecule has 3 nitrogen and oxygen atoms in total. The average Bonchev–Trinajstić information content (AvgIpc) is 2.36. The fourth-order valence-corrected chi connectivity index (χ4v) is 2.05. The van der Waals surface area contributed by atoms with E-state index in [9.17, 15) is 4.79 Å².